The molecular formula is C12H18ClNO3. The van der Waals surface area contributed by atoms with E-state index in [4.69, 9.17) is 14.2 Å². The molecule has 1 aliphatic rings. The minimum absolute atomic E-state index is 0. The van der Waals surface area contributed by atoms with Crippen LogP contribution in [0.5, 0.6) is 17.2 Å². The van der Waals surface area contributed by atoms with Crippen molar-refractivity contribution in [3.63, 3.8) is 0 Å². The zero-order valence-corrected chi connectivity index (χ0v) is 11.1. The molecule has 17 heavy (non-hydrogen) atoms. The minimum atomic E-state index is 0. The van der Waals surface area contributed by atoms with Crippen LogP contribution in [0.4, 0.5) is 0 Å². The number of hydrogen-bond acceptors (Lipinski definition) is 4. The van der Waals surface area contributed by atoms with Crippen LogP contribution in [0.2, 0.25) is 0 Å². The Bertz CT molecular complexity index is 355. The van der Waals surface area contributed by atoms with E-state index >= 15 is 0 Å². The summed E-state index contributed by atoms with van der Waals surface area (Å²) < 4.78 is 15.9. The van der Waals surface area contributed by atoms with Crippen molar-refractivity contribution in [1.29, 1.82) is 0 Å². The normalized spacial score (nSPS) is 17.7. The second-order valence-electron chi connectivity index (χ2n) is 3.75. The summed E-state index contributed by atoms with van der Waals surface area (Å²) in [6, 6.07) is 4.41. The van der Waals surface area contributed by atoms with Crippen molar-refractivity contribution < 1.29 is 14.2 Å². The molecule has 2 rings (SSSR count). The van der Waals surface area contributed by atoms with Gasteiger partial charge in [0.15, 0.2) is 11.5 Å². The Morgan fingerprint density at radius 2 is 1.59 bits per heavy atom. The number of ether oxygens (including phenoxy) is 3. The fourth-order valence-corrected chi connectivity index (χ4v) is 1.88. The molecule has 1 N–H and O–H groups in total. The first kappa shape index (κ1) is 13.9. The molecule has 1 aliphatic heterocycles. The highest BCUT2D eigenvalue weighted by Crippen LogP contribution is 2.40. The van der Waals surface area contributed by atoms with Crippen LogP contribution < -0.4 is 19.5 Å². The zero-order chi connectivity index (χ0) is 11.5. The molecule has 1 fully saturated rings. The largest absolute Gasteiger partial charge is 0.493 e. The fourth-order valence-electron chi connectivity index (χ4n) is 1.88. The van der Waals surface area contributed by atoms with Gasteiger partial charge < -0.3 is 19.5 Å². The molecule has 0 saturated carbocycles. The molecule has 0 bridgehead atoms. The number of halogens is 1. The Morgan fingerprint density at radius 3 is 1.88 bits per heavy atom. The molecule has 0 amide bonds. The van der Waals surface area contributed by atoms with E-state index in [0.29, 0.717) is 23.3 Å². The molecule has 96 valence electrons. The summed E-state index contributed by atoms with van der Waals surface area (Å²) >= 11 is 0. The molecule has 4 nitrogen and oxygen atoms in total. The third kappa shape index (κ3) is 2.58. The summed E-state index contributed by atoms with van der Waals surface area (Å²) in [6.07, 6.45) is 1.15. The average molecular weight is 260 g/mol. The first-order chi connectivity index (χ1) is 7.80. The van der Waals surface area contributed by atoms with E-state index in [2.05, 4.69) is 5.32 Å². The summed E-state index contributed by atoms with van der Waals surface area (Å²) in [5, 5.41) is 3.35. The van der Waals surface area contributed by atoms with E-state index in [1.165, 1.54) is 5.56 Å². The van der Waals surface area contributed by atoms with E-state index < -0.39 is 0 Å². The second-order valence-corrected chi connectivity index (χ2v) is 3.75. The maximum absolute atomic E-state index is 5.31. The van der Waals surface area contributed by atoms with Crippen LogP contribution in [0.1, 0.15) is 18.0 Å². The second kappa shape index (κ2) is 5.98. The number of benzene rings is 1. The van der Waals surface area contributed by atoms with E-state index in [1.54, 1.807) is 21.3 Å². The maximum atomic E-state index is 5.31. The summed E-state index contributed by atoms with van der Waals surface area (Å²) in [7, 11) is 4.88. The van der Waals surface area contributed by atoms with Crippen LogP contribution >= 0.6 is 12.4 Å². The predicted molar refractivity (Wildman–Crippen MR) is 68.7 cm³/mol. The highest BCUT2D eigenvalue weighted by molar-refractivity contribution is 5.85. The van der Waals surface area contributed by atoms with Crippen LogP contribution in [0.15, 0.2) is 12.1 Å². The van der Waals surface area contributed by atoms with E-state index in [9.17, 15) is 0 Å². The molecular weight excluding hydrogens is 242 g/mol. The van der Waals surface area contributed by atoms with E-state index in [1.807, 2.05) is 12.1 Å². The fraction of sp³-hybridized carbons (Fsp3) is 0.500. The molecule has 1 atom stereocenters. The predicted octanol–water partition coefficient (Wildman–Crippen LogP) is 2.17. The third-order valence-electron chi connectivity index (χ3n) is 2.91. The van der Waals surface area contributed by atoms with E-state index in [0.717, 1.165) is 13.0 Å². The van der Waals surface area contributed by atoms with Gasteiger partial charge in [-0.1, -0.05) is 0 Å². The van der Waals surface area contributed by atoms with Crippen molar-refractivity contribution in [2.75, 3.05) is 27.9 Å². The van der Waals surface area contributed by atoms with Gasteiger partial charge >= 0.3 is 0 Å². The van der Waals surface area contributed by atoms with Crippen molar-refractivity contribution in [2.24, 2.45) is 0 Å². The molecule has 1 aromatic carbocycles. The highest BCUT2D eigenvalue weighted by atomic mass is 35.5. The number of nitrogens with one attached hydrogen (secondary N) is 1. The van der Waals surface area contributed by atoms with Gasteiger partial charge in [-0.2, -0.15) is 0 Å². The maximum Gasteiger partial charge on any atom is 0.203 e. The summed E-state index contributed by atoms with van der Waals surface area (Å²) in [5.41, 5.74) is 1.18. The van der Waals surface area contributed by atoms with Crippen LogP contribution in [0.25, 0.3) is 0 Å². The van der Waals surface area contributed by atoms with Gasteiger partial charge in [-0.25, -0.2) is 0 Å². The first-order valence-electron chi connectivity index (χ1n) is 5.33. The number of hydrogen-bond donors (Lipinski definition) is 1. The molecule has 5 heteroatoms. The Balaban J connectivity index is 0.00000144. The molecule has 1 saturated heterocycles. The summed E-state index contributed by atoms with van der Waals surface area (Å²) in [5.74, 6) is 2.07. The van der Waals surface area contributed by atoms with E-state index in [-0.39, 0.29) is 12.4 Å². The summed E-state index contributed by atoms with van der Waals surface area (Å²) in [4.78, 5) is 0. The van der Waals surface area contributed by atoms with Crippen LogP contribution in [0, 0.1) is 0 Å². The molecule has 0 unspecified atom stereocenters. The van der Waals surface area contributed by atoms with Gasteiger partial charge in [-0.3, -0.25) is 0 Å². The van der Waals surface area contributed by atoms with Crippen molar-refractivity contribution in [1.82, 2.24) is 5.32 Å². The van der Waals surface area contributed by atoms with Crippen LogP contribution in [-0.2, 0) is 0 Å². The zero-order valence-electron chi connectivity index (χ0n) is 10.3. The van der Waals surface area contributed by atoms with Gasteiger partial charge in [0.2, 0.25) is 5.75 Å². The van der Waals surface area contributed by atoms with Crippen molar-refractivity contribution in [3.8, 4) is 17.2 Å². The molecule has 0 aliphatic carbocycles. The Labute approximate surface area is 108 Å². The number of methoxy groups -OCH3 is 3. The quantitative estimate of drug-likeness (QED) is 0.900. The smallest absolute Gasteiger partial charge is 0.203 e. The minimum Gasteiger partial charge on any atom is -0.493 e. The van der Waals surface area contributed by atoms with Crippen LogP contribution in [0.3, 0.4) is 0 Å². The van der Waals surface area contributed by atoms with Crippen molar-refractivity contribution >= 4 is 12.4 Å². The average Bonchev–Trinajstić information content (AvgIpc) is 2.25. The Kier molecular flexibility index (Phi) is 4.90. The van der Waals surface area contributed by atoms with Gasteiger partial charge in [0.25, 0.3) is 0 Å². The van der Waals surface area contributed by atoms with Gasteiger partial charge in [0, 0.05) is 6.04 Å². The van der Waals surface area contributed by atoms with Crippen LogP contribution in [-0.4, -0.2) is 27.9 Å². The molecule has 0 radical (unpaired) electrons. The lowest BCUT2D eigenvalue weighted by atomic mass is 9.97. The Morgan fingerprint density at radius 1 is 1.06 bits per heavy atom. The Hall–Kier alpha value is -1.13. The number of rotatable bonds is 4. The third-order valence-corrected chi connectivity index (χ3v) is 2.91. The molecule has 0 spiro atoms. The van der Waals surface area contributed by atoms with Gasteiger partial charge in [-0.05, 0) is 30.7 Å². The van der Waals surface area contributed by atoms with Gasteiger partial charge in [0.05, 0.1) is 21.3 Å². The molecule has 0 aromatic heterocycles. The SMILES string of the molecule is COc1cc([C@@H]2CCN2)cc(OC)c1OC.Cl. The van der Waals surface area contributed by atoms with Crippen molar-refractivity contribution in [2.45, 2.75) is 12.5 Å². The first-order valence-corrected chi connectivity index (χ1v) is 5.33. The summed E-state index contributed by atoms with van der Waals surface area (Å²) in [6.45, 7) is 1.07. The highest BCUT2D eigenvalue weighted by Gasteiger charge is 2.22. The lowest BCUT2D eigenvalue weighted by Crippen LogP contribution is -2.34. The van der Waals surface area contributed by atoms with Gasteiger partial charge in [-0.15, -0.1) is 12.4 Å². The molecule has 1 heterocycles. The van der Waals surface area contributed by atoms with Crippen molar-refractivity contribution in [3.05, 3.63) is 17.7 Å². The standard InChI is InChI=1S/C12H17NO3.ClH/c1-14-10-6-8(9-4-5-13-9)7-11(15-2)12(10)16-3;/h6-7,9,13H,4-5H2,1-3H3;1H/t9-;/m0./s1. The molecule has 1 aromatic rings. The lowest BCUT2D eigenvalue weighted by molar-refractivity contribution is 0.319. The lowest BCUT2D eigenvalue weighted by Gasteiger charge is -2.29. The topological polar surface area (TPSA) is 39.7 Å². The van der Waals surface area contributed by atoms with Gasteiger partial charge in [0.1, 0.15) is 0 Å². The monoisotopic (exact) mass is 259 g/mol.